The van der Waals surface area contributed by atoms with E-state index >= 15 is 0 Å². The van der Waals surface area contributed by atoms with Gasteiger partial charge in [-0.25, -0.2) is 10.1 Å². The summed E-state index contributed by atoms with van der Waals surface area (Å²) in [5.74, 6) is 2.01. The molecule has 0 spiro atoms. The molecule has 0 unspecified atom stereocenters. The Morgan fingerprint density at radius 1 is 0.974 bits per heavy atom. The number of thiophene rings is 2. The number of nitriles is 3. The number of hydrogen-bond acceptors (Lipinski definition) is 7. The van der Waals surface area contributed by atoms with Crippen LogP contribution in [-0.2, 0) is 6.54 Å². The summed E-state index contributed by atoms with van der Waals surface area (Å²) in [5.41, 5.74) is 2.48. The van der Waals surface area contributed by atoms with Gasteiger partial charge < -0.3 is 13.4 Å². The van der Waals surface area contributed by atoms with E-state index in [0.717, 1.165) is 25.8 Å². The van der Waals surface area contributed by atoms with Crippen LogP contribution in [0.3, 0.4) is 0 Å². The molecule has 0 saturated heterocycles. The van der Waals surface area contributed by atoms with Crippen molar-refractivity contribution in [3.63, 3.8) is 0 Å². The number of allylic oxidation sites excluding steroid dienone is 2. The zero-order chi connectivity index (χ0) is 26.8. The van der Waals surface area contributed by atoms with E-state index in [1.54, 1.807) is 12.1 Å². The van der Waals surface area contributed by atoms with Gasteiger partial charge in [0.25, 0.3) is 5.70 Å². The summed E-state index contributed by atoms with van der Waals surface area (Å²) in [7, 11) is 0. The summed E-state index contributed by atoms with van der Waals surface area (Å²) in [5, 5.41) is 27.5. The van der Waals surface area contributed by atoms with Crippen LogP contribution in [-0.4, -0.2) is 4.57 Å². The van der Waals surface area contributed by atoms with Gasteiger partial charge in [-0.3, -0.25) is 0 Å². The van der Waals surface area contributed by atoms with Crippen LogP contribution in [0.4, 0.5) is 0 Å². The Kier molecular flexibility index (Phi) is 6.75. The molecule has 10 heteroatoms. The van der Waals surface area contributed by atoms with E-state index in [4.69, 9.17) is 42.8 Å². The van der Waals surface area contributed by atoms with Crippen LogP contribution in [0, 0.1) is 40.6 Å². The van der Waals surface area contributed by atoms with Crippen molar-refractivity contribution in [3.8, 4) is 51.8 Å². The standard InChI is InChI=1S/C28H14ClN5O2S2/c1-3-34-20(22-6-7-23(35-22)27-11-19(29)26(38-27)9-17(15-32)33-2)4-5-21(34)24-12-28-25(36-24)10-18(37-28)8-16(13-30)14-31/h4-12H,3H2,1H3/b17-9-. The number of nitrogens with zero attached hydrogens (tertiary/aromatic N) is 5. The van der Waals surface area contributed by atoms with Crippen molar-refractivity contribution in [1.29, 1.82) is 15.8 Å². The SMILES string of the molecule is [C-]#[N+]/C(C#N)=C\c1sc(-c2ccc(-c3ccc(-c4cc5sc(C=C(C#N)C#N)cc5o4)n3CC)o2)cc1Cl. The molecule has 0 atom stereocenters. The minimum absolute atomic E-state index is 0.0340. The highest BCUT2D eigenvalue weighted by Crippen LogP contribution is 2.40. The zero-order valence-electron chi connectivity index (χ0n) is 19.7. The summed E-state index contributed by atoms with van der Waals surface area (Å²) in [6, 6.07) is 18.8. The molecule has 0 radical (unpaired) electrons. The monoisotopic (exact) mass is 551 g/mol. The maximum absolute atomic E-state index is 9.04. The van der Waals surface area contributed by atoms with Gasteiger partial charge in [0, 0.05) is 22.4 Å². The molecule has 182 valence electrons. The molecule has 7 nitrogen and oxygen atoms in total. The topological polar surface area (TPSA) is 107 Å². The minimum Gasteiger partial charge on any atom is -0.454 e. The largest absolute Gasteiger partial charge is 0.454 e. The Labute approximate surface area is 230 Å². The second-order valence-electron chi connectivity index (χ2n) is 7.86. The Bertz CT molecular complexity index is 1870. The van der Waals surface area contributed by atoms with E-state index in [-0.39, 0.29) is 11.3 Å². The summed E-state index contributed by atoms with van der Waals surface area (Å²) >= 11 is 9.13. The van der Waals surface area contributed by atoms with Crippen molar-refractivity contribution < 1.29 is 8.83 Å². The van der Waals surface area contributed by atoms with E-state index in [9.17, 15) is 0 Å². The molecule has 0 N–H and O–H groups in total. The lowest BCUT2D eigenvalue weighted by Crippen LogP contribution is -1.98. The third-order valence-corrected chi connectivity index (χ3v) is 8.15. The van der Waals surface area contributed by atoms with Crippen molar-refractivity contribution in [2.75, 3.05) is 0 Å². The molecule has 5 heterocycles. The Balaban J connectivity index is 1.46. The number of halogens is 1. The maximum Gasteiger partial charge on any atom is 0.263 e. The predicted octanol–water partition coefficient (Wildman–Crippen LogP) is 8.84. The quantitative estimate of drug-likeness (QED) is 0.155. The molecule has 0 aliphatic rings. The van der Waals surface area contributed by atoms with Gasteiger partial charge >= 0.3 is 0 Å². The highest BCUT2D eigenvalue weighted by Gasteiger charge is 2.19. The second kappa shape index (κ2) is 10.3. The molecular weight excluding hydrogens is 538 g/mol. The fourth-order valence-electron chi connectivity index (χ4n) is 3.95. The molecule has 0 saturated carbocycles. The van der Waals surface area contributed by atoms with Crippen LogP contribution in [0.5, 0.6) is 0 Å². The summed E-state index contributed by atoms with van der Waals surface area (Å²) in [6.07, 6.45) is 3.02. The molecule has 0 aliphatic carbocycles. The van der Waals surface area contributed by atoms with Crippen LogP contribution in [0.2, 0.25) is 5.02 Å². The lowest BCUT2D eigenvalue weighted by molar-refractivity contribution is 0.586. The van der Waals surface area contributed by atoms with Gasteiger partial charge in [-0.1, -0.05) is 11.6 Å². The number of rotatable bonds is 6. The number of fused-ring (bicyclic) bond motifs is 1. The molecule has 5 aromatic rings. The van der Waals surface area contributed by atoms with Gasteiger partial charge in [-0.05, 0) is 55.5 Å². The molecule has 0 bridgehead atoms. The van der Waals surface area contributed by atoms with Gasteiger partial charge in [0.05, 0.1) is 38.6 Å². The Morgan fingerprint density at radius 2 is 1.71 bits per heavy atom. The predicted molar refractivity (Wildman–Crippen MR) is 149 cm³/mol. The fourth-order valence-corrected chi connectivity index (χ4v) is 6.21. The number of aromatic nitrogens is 1. The molecule has 38 heavy (non-hydrogen) atoms. The minimum atomic E-state index is -0.0340. The molecule has 0 fully saturated rings. The molecule has 0 aromatic carbocycles. The molecule has 0 aliphatic heterocycles. The summed E-state index contributed by atoms with van der Waals surface area (Å²) < 4.78 is 15.3. The number of hydrogen-bond donors (Lipinski definition) is 0. The van der Waals surface area contributed by atoms with Crippen molar-refractivity contribution in [3.05, 3.63) is 79.9 Å². The normalized spacial score (nSPS) is 11.1. The van der Waals surface area contributed by atoms with Crippen LogP contribution in [0.25, 0.3) is 60.8 Å². The van der Waals surface area contributed by atoms with Crippen LogP contribution in [0.15, 0.2) is 62.6 Å². The summed E-state index contributed by atoms with van der Waals surface area (Å²) in [4.78, 5) is 5.38. The second-order valence-corrected chi connectivity index (χ2v) is 10.5. The van der Waals surface area contributed by atoms with Gasteiger partial charge in [-0.15, -0.1) is 22.7 Å². The third kappa shape index (κ3) is 4.55. The first-order valence-corrected chi connectivity index (χ1v) is 13.1. The Hall–Kier alpha value is -4.77. The molecular formula is C28H14ClN5O2S2. The van der Waals surface area contributed by atoms with Gasteiger partial charge in [0.1, 0.15) is 29.1 Å². The van der Waals surface area contributed by atoms with Gasteiger partial charge in [-0.2, -0.15) is 10.5 Å². The first-order chi connectivity index (χ1) is 18.5. The smallest absolute Gasteiger partial charge is 0.263 e. The molecule has 0 amide bonds. The maximum atomic E-state index is 9.04. The van der Waals surface area contributed by atoms with E-state index in [1.807, 2.05) is 61.5 Å². The van der Waals surface area contributed by atoms with Crippen LogP contribution >= 0.6 is 34.3 Å². The highest BCUT2D eigenvalue weighted by atomic mass is 35.5. The van der Waals surface area contributed by atoms with E-state index < -0.39 is 0 Å². The summed E-state index contributed by atoms with van der Waals surface area (Å²) in [6.45, 7) is 9.79. The fraction of sp³-hybridized carbons (Fsp3) is 0.0714. The van der Waals surface area contributed by atoms with E-state index in [1.165, 1.54) is 28.7 Å². The lowest BCUT2D eigenvalue weighted by Gasteiger charge is -2.08. The van der Waals surface area contributed by atoms with Crippen molar-refractivity contribution in [2.24, 2.45) is 0 Å². The first kappa shape index (κ1) is 24.9. The zero-order valence-corrected chi connectivity index (χ0v) is 22.0. The number of furan rings is 2. The average Bonchev–Trinajstić information content (AvgIpc) is 3.73. The Morgan fingerprint density at radius 3 is 2.37 bits per heavy atom. The highest BCUT2D eigenvalue weighted by molar-refractivity contribution is 7.19. The van der Waals surface area contributed by atoms with Crippen molar-refractivity contribution in [1.82, 2.24) is 4.57 Å². The van der Waals surface area contributed by atoms with Crippen molar-refractivity contribution in [2.45, 2.75) is 13.5 Å². The lowest BCUT2D eigenvalue weighted by atomic mass is 10.3. The third-order valence-electron chi connectivity index (χ3n) is 5.62. The van der Waals surface area contributed by atoms with Gasteiger partial charge in [0.15, 0.2) is 11.5 Å². The van der Waals surface area contributed by atoms with Crippen LogP contribution in [0.1, 0.15) is 16.7 Å². The van der Waals surface area contributed by atoms with E-state index in [0.29, 0.717) is 39.3 Å². The van der Waals surface area contributed by atoms with Crippen LogP contribution < -0.4 is 0 Å². The van der Waals surface area contributed by atoms with Crippen molar-refractivity contribution >= 4 is 56.7 Å². The van der Waals surface area contributed by atoms with E-state index in [2.05, 4.69) is 9.41 Å². The van der Waals surface area contributed by atoms with Gasteiger partial charge in [0.2, 0.25) is 0 Å². The molecule has 5 aromatic heterocycles. The molecule has 5 rings (SSSR count). The first-order valence-electron chi connectivity index (χ1n) is 11.1. The average molecular weight is 552 g/mol.